The van der Waals surface area contributed by atoms with Gasteiger partial charge in [-0.1, -0.05) is 0 Å². The van der Waals surface area contributed by atoms with Crippen molar-refractivity contribution in [1.82, 2.24) is 5.43 Å². The number of nitrogens with zero attached hydrogens (tertiary/aromatic N) is 3. The highest BCUT2D eigenvalue weighted by atomic mass is 16.6. The second-order valence-corrected chi connectivity index (χ2v) is 3.43. The predicted octanol–water partition coefficient (Wildman–Crippen LogP) is 0.599. The number of benzene rings is 1. The number of methoxy groups -OCH3 is 1. The fourth-order valence-corrected chi connectivity index (χ4v) is 1.21. The number of nitrogens with one attached hydrogen (secondary N) is 1. The lowest BCUT2D eigenvalue weighted by Gasteiger charge is -1.99. The molecule has 0 atom stereocenters. The van der Waals surface area contributed by atoms with E-state index in [1.165, 1.54) is 13.2 Å². The normalized spacial score (nSPS) is 10.2. The zero-order valence-corrected chi connectivity index (χ0v) is 10.3. The number of hydrazone groups is 1. The summed E-state index contributed by atoms with van der Waals surface area (Å²) >= 11 is 0. The molecule has 0 unspecified atom stereocenters. The van der Waals surface area contributed by atoms with Crippen LogP contribution < -0.4 is 5.43 Å². The van der Waals surface area contributed by atoms with E-state index in [0.29, 0.717) is 0 Å². The van der Waals surface area contributed by atoms with E-state index in [2.05, 4.69) is 15.3 Å². The van der Waals surface area contributed by atoms with Crippen molar-refractivity contribution in [3.63, 3.8) is 0 Å². The maximum absolute atomic E-state index is 10.8. The van der Waals surface area contributed by atoms with Crippen LogP contribution in [0.5, 0.6) is 0 Å². The number of carbonyl (C=O) groups excluding carboxylic acids is 1. The van der Waals surface area contributed by atoms with E-state index < -0.39 is 27.2 Å². The number of hydrogen-bond donors (Lipinski definition) is 1. The summed E-state index contributed by atoms with van der Waals surface area (Å²) in [6, 6.07) is 3.15. The van der Waals surface area contributed by atoms with Gasteiger partial charge in [0.05, 0.1) is 34.8 Å². The van der Waals surface area contributed by atoms with Crippen LogP contribution in [0.25, 0.3) is 0 Å². The van der Waals surface area contributed by atoms with Gasteiger partial charge in [-0.15, -0.1) is 0 Å². The highest BCUT2D eigenvalue weighted by Crippen LogP contribution is 2.23. The van der Waals surface area contributed by atoms with Crippen LogP contribution in [0.15, 0.2) is 23.3 Å². The Morgan fingerprint density at radius 3 is 2.65 bits per heavy atom. The topological polar surface area (TPSA) is 137 Å². The summed E-state index contributed by atoms with van der Waals surface area (Å²) in [6.45, 7) is -0.201. The Labute approximate surface area is 112 Å². The van der Waals surface area contributed by atoms with Crippen LogP contribution in [0.4, 0.5) is 11.4 Å². The van der Waals surface area contributed by atoms with E-state index in [1.807, 2.05) is 0 Å². The van der Waals surface area contributed by atoms with E-state index in [0.717, 1.165) is 18.3 Å². The van der Waals surface area contributed by atoms with Crippen LogP contribution in [0.1, 0.15) is 5.56 Å². The summed E-state index contributed by atoms with van der Waals surface area (Å²) in [5.74, 6) is -0.555. The standard InChI is InChI=1S/C10H10N4O6/c1-20-10(15)6-12-11-5-7-2-3-8(13(16)17)4-9(7)14(18)19/h2-5,12H,6H2,1H3/b11-5-. The van der Waals surface area contributed by atoms with Gasteiger partial charge in [-0.2, -0.15) is 5.10 Å². The van der Waals surface area contributed by atoms with Crippen molar-refractivity contribution in [2.75, 3.05) is 13.7 Å². The fraction of sp³-hybridized carbons (Fsp3) is 0.200. The molecule has 0 aliphatic carbocycles. The van der Waals surface area contributed by atoms with Gasteiger partial charge in [0.15, 0.2) is 0 Å². The van der Waals surface area contributed by atoms with Gasteiger partial charge in [0.2, 0.25) is 0 Å². The second-order valence-electron chi connectivity index (χ2n) is 3.43. The first-order valence-corrected chi connectivity index (χ1v) is 5.21. The van der Waals surface area contributed by atoms with E-state index >= 15 is 0 Å². The van der Waals surface area contributed by atoms with Gasteiger partial charge >= 0.3 is 5.97 Å². The molecule has 0 saturated heterocycles. The van der Waals surface area contributed by atoms with Crippen LogP contribution in [-0.2, 0) is 9.53 Å². The summed E-state index contributed by atoms with van der Waals surface area (Å²) in [5.41, 5.74) is 1.55. The number of nitro groups is 2. The molecule has 0 saturated carbocycles. The molecule has 10 heteroatoms. The average molecular weight is 282 g/mol. The largest absolute Gasteiger partial charge is 0.468 e. The molecule has 0 heterocycles. The second kappa shape index (κ2) is 6.78. The molecule has 106 valence electrons. The Balaban J connectivity index is 2.89. The molecule has 0 radical (unpaired) electrons. The number of ether oxygens (including phenoxy) is 1. The molecular weight excluding hydrogens is 272 g/mol. The molecule has 0 aromatic heterocycles. The van der Waals surface area contributed by atoms with Crippen molar-refractivity contribution in [2.45, 2.75) is 0 Å². The van der Waals surface area contributed by atoms with Gasteiger partial charge in [0.1, 0.15) is 6.54 Å². The first-order chi connectivity index (χ1) is 9.45. The third kappa shape index (κ3) is 4.01. The number of carbonyl (C=O) groups is 1. The summed E-state index contributed by atoms with van der Waals surface area (Å²) in [4.78, 5) is 30.6. The Bertz CT molecular complexity index is 571. The minimum atomic E-state index is -0.755. The highest BCUT2D eigenvalue weighted by molar-refractivity contribution is 5.86. The molecule has 0 fully saturated rings. The predicted molar refractivity (Wildman–Crippen MR) is 67.4 cm³/mol. The highest BCUT2D eigenvalue weighted by Gasteiger charge is 2.18. The van der Waals surface area contributed by atoms with Gasteiger partial charge in [0.25, 0.3) is 11.4 Å². The molecule has 10 nitrogen and oxygen atoms in total. The van der Waals surface area contributed by atoms with E-state index in [-0.39, 0.29) is 12.1 Å². The van der Waals surface area contributed by atoms with Crippen molar-refractivity contribution < 1.29 is 19.4 Å². The molecule has 1 N–H and O–H groups in total. The molecule has 0 aliphatic heterocycles. The van der Waals surface area contributed by atoms with Crippen molar-refractivity contribution in [2.24, 2.45) is 5.10 Å². The quantitative estimate of drug-likeness (QED) is 0.349. The third-order valence-corrected chi connectivity index (χ3v) is 2.17. The lowest BCUT2D eigenvalue weighted by atomic mass is 10.2. The molecule has 0 bridgehead atoms. The lowest BCUT2D eigenvalue weighted by Crippen LogP contribution is -2.19. The smallest absolute Gasteiger partial charge is 0.326 e. The monoisotopic (exact) mass is 282 g/mol. The van der Waals surface area contributed by atoms with Crippen LogP contribution in [-0.4, -0.2) is 35.7 Å². The SMILES string of the molecule is COC(=O)CN/N=C\c1ccc([N+](=O)[O-])cc1[N+](=O)[O-]. The van der Waals surface area contributed by atoms with Crippen molar-refractivity contribution in [3.8, 4) is 0 Å². The van der Waals surface area contributed by atoms with Gasteiger partial charge in [0, 0.05) is 6.07 Å². The van der Waals surface area contributed by atoms with Crippen molar-refractivity contribution in [3.05, 3.63) is 44.0 Å². The van der Waals surface area contributed by atoms with Gasteiger partial charge in [-0.05, 0) is 6.07 Å². The summed E-state index contributed by atoms with van der Waals surface area (Å²) in [7, 11) is 1.20. The first kappa shape index (κ1) is 15.0. The van der Waals surface area contributed by atoms with Crippen LogP contribution in [0.2, 0.25) is 0 Å². The number of nitro benzene ring substituents is 2. The lowest BCUT2D eigenvalue weighted by molar-refractivity contribution is -0.394. The van der Waals surface area contributed by atoms with E-state index in [4.69, 9.17) is 0 Å². The zero-order valence-electron chi connectivity index (χ0n) is 10.3. The number of esters is 1. The minimum Gasteiger partial charge on any atom is -0.468 e. The van der Waals surface area contributed by atoms with E-state index in [1.54, 1.807) is 0 Å². The van der Waals surface area contributed by atoms with Crippen LogP contribution in [0.3, 0.4) is 0 Å². The van der Waals surface area contributed by atoms with Crippen molar-refractivity contribution in [1.29, 1.82) is 0 Å². The van der Waals surface area contributed by atoms with E-state index in [9.17, 15) is 25.0 Å². The molecule has 20 heavy (non-hydrogen) atoms. The fourth-order valence-electron chi connectivity index (χ4n) is 1.21. The summed E-state index contributed by atoms with van der Waals surface area (Å²) < 4.78 is 4.35. The molecule has 1 rings (SSSR count). The Hall–Kier alpha value is -3.04. The van der Waals surface area contributed by atoms with Gasteiger partial charge < -0.3 is 4.74 Å². The molecule has 0 aliphatic rings. The molecule has 0 spiro atoms. The van der Waals surface area contributed by atoms with Crippen molar-refractivity contribution >= 4 is 23.6 Å². The minimum absolute atomic E-state index is 0.0676. The Morgan fingerprint density at radius 1 is 1.40 bits per heavy atom. The molecule has 1 aromatic carbocycles. The Kier molecular flexibility index (Phi) is 5.09. The number of rotatable bonds is 6. The molecule has 0 amide bonds. The zero-order chi connectivity index (χ0) is 15.1. The molecule has 1 aromatic rings. The van der Waals surface area contributed by atoms with Crippen LogP contribution in [0, 0.1) is 20.2 Å². The number of hydrogen-bond acceptors (Lipinski definition) is 8. The Morgan fingerprint density at radius 2 is 2.10 bits per heavy atom. The number of non-ortho nitro benzene ring substituents is 1. The maximum Gasteiger partial charge on any atom is 0.326 e. The van der Waals surface area contributed by atoms with Gasteiger partial charge in [-0.3, -0.25) is 30.4 Å². The van der Waals surface area contributed by atoms with Crippen LogP contribution >= 0.6 is 0 Å². The van der Waals surface area contributed by atoms with Gasteiger partial charge in [-0.25, -0.2) is 0 Å². The average Bonchev–Trinajstić information content (AvgIpc) is 2.42. The molecular formula is C10H10N4O6. The first-order valence-electron chi connectivity index (χ1n) is 5.21. The maximum atomic E-state index is 10.8. The third-order valence-electron chi connectivity index (χ3n) is 2.17. The summed E-state index contributed by atoms with van der Waals surface area (Å²) in [6.07, 6.45) is 1.09. The summed E-state index contributed by atoms with van der Waals surface area (Å²) in [5, 5.41) is 24.9.